The van der Waals surface area contributed by atoms with Crippen molar-refractivity contribution >= 4 is 12.4 Å². The van der Waals surface area contributed by atoms with Crippen molar-refractivity contribution in [1.82, 2.24) is 5.53 Å². The van der Waals surface area contributed by atoms with Gasteiger partial charge in [0.25, 0.3) is 0 Å². The molecule has 1 heterocycles. The fraction of sp³-hybridized carbons (Fsp3) is 0.333. The smallest absolute Gasteiger partial charge is 0.0317 e. The molecule has 0 fully saturated rings. The minimum atomic E-state index is 0.854. The first-order chi connectivity index (χ1) is 3.00. The van der Waals surface area contributed by atoms with Gasteiger partial charge in [-0.05, 0) is 0 Å². The van der Waals surface area contributed by atoms with Gasteiger partial charge in [-0.25, -0.2) is 0 Å². The molecule has 0 saturated carbocycles. The third kappa shape index (κ3) is 0.544. The van der Waals surface area contributed by atoms with Crippen molar-refractivity contribution in [2.75, 3.05) is 0 Å². The Labute approximate surface area is 35.7 Å². The lowest BCUT2D eigenvalue weighted by atomic mass is 10.5. The van der Waals surface area contributed by atoms with Crippen LogP contribution in [-0.4, -0.2) is 12.4 Å². The molecule has 6 heavy (non-hydrogen) atoms. The summed E-state index contributed by atoms with van der Waals surface area (Å²) in [5.41, 5.74) is 2.42. The van der Waals surface area contributed by atoms with Crippen LogP contribution in [0.1, 0.15) is 6.42 Å². The first-order valence-electron chi connectivity index (χ1n) is 1.78. The highest BCUT2D eigenvalue weighted by molar-refractivity contribution is 5.79. The second-order valence-electron chi connectivity index (χ2n) is 0.959. The first-order valence-corrected chi connectivity index (χ1v) is 1.78. The Bertz CT molecular complexity index is 64.0. The summed E-state index contributed by atoms with van der Waals surface area (Å²) >= 11 is 0. The lowest BCUT2D eigenvalue weighted by Crippen LogP contribution is -2.00. The van der Waals surface area contributed by atoms with Crippen molar-refractivity contribution in [2.24, 2.45) is 10.2 Å². The predicted octanol–water partition coefficient (Wildman–Crippen LogP) is -0.0487. The van der Waals surface area contributed by atoms with E-state index in [2.05, 4.69) is 15.7 Å². The highest BCUT2D eigenvalue weighted by Gasteiger charge is 1.75. The summed E-state index contributed by atoms with van der Waals surface area (Å²) in [7, 11) is 0. The minimum absolute atomic E-state index is 0.854. The standard InChI is InChI=1S/C3H5N3/c1-2-4-6-5-3-1/h2-3,6H,1H2. The second-order valence-corrected chi connectivity index (χ2v) is 0.959. The molecule has 3 nitrogen and oxygen atoms in total. The van der Waals surface area contributed by atoms with Crippen molar-refractivity contribution in [2.45, 2.75) is 6.42 Å². The Kier molecular flexibility index (Phi) is 0.859. The van der Waals surface area contributed by atoms with Crippen LogP contribution >= 0.6 is 0 Å². The van der Waals surface area contributed by atoms with Crippen molar-refractivity contribution in [3.8, 4) is 0 Å². The van der Waals surface area contributed by atoms with Gasteiger partial charge in [0.15, 0.2) is 0 Å². The number of rotatable bonds is 0. The van der Waals surface area contributed by atoms with E-state index in [0.29, 0.717) is 0 Å². The van der Waals surface area contributed by atoms with Crippen molar-refractivity contribution < 1.29 is 0 Å². The van der Waals surface area contributed by atoms with Crippen molar-refractivity contribution in [1.29, 1.82) is 0 Å². The molecule has 0 aliphatic carbocycles. The lowest BCUT2D eigenvalue weighted by Gasteiger charge is -1.90. The molecule has 1 rings (SSSR count). The zero-order valence-corrected chi connectivity index (χ0v) is 3.26. The van der Waals surface area contributed by atoms with Crippen molar-refractivity contribution in [3.63, 3.8) is 0 Å². The van der Waals surface area contributed by atoms with Gasteiger partial charge in [-0.2, -0.15) is 15.7 Å². The van der Waals surface area contributed by atoms with Crippen LogP contribution in [-0.2, 0) is 0 Å². The molecule has 0 unspecified atom stereocenters. The number of hydrogen-bond acceptors (Lipinski definition) is 3. The number of nitrogens with zero attached hydrogens (tertiary/aromatic N) is 2. The monoisotopic (exact) mass is 83.0 g/mol. The normalized spacial score (nSPS) is 17.3. The molecule has 0 radical (unpaired) electrons. The van der Waals surface area contributed by atoms with Gasteiger partial charge in [0.05, 0.1) is 0 Å². The molecule has 0 saturated heterocycles. The van der Waals surface area contributed by atoms with Gasteiger partial charge in [-0.15, -0.1) is 0 Å². The van der Waals surface area contributed by atoms with Gasteiger partial charge in [0, 0.05) is 18.9 Å². The van der Waals surface area contributed by atoms with E-state index in [9.17, 15) is 0 Å². The predicted molar refractivity (Wildman–Crippen MR) is 24.7 cm³/mol. The summed E-state index contributed by atoms with van der Waals surface area (Å²) < 4.78 is 0. The van der Waals surface area contributed by atoms with Crippen LogP contribution in [0.4, 0.5) is 0 Å². The average molecular weight is 83.1 g/mol. The highest BCUT2D eigenvalue weighted by Crippen LogP contribution is 1.71. The lowest BCUT2D eigenvalue weighted by molar-refractivity contribution is 0.804. The molecule has 1 aliphatic heterocycles. The third-order valence-electron chi connectivity index (χ3n) is 0.509. The molecule has 0 aromatic rings. The van der Waals surface area contributed by atoms with E-state index in [-0.39, 0.29) is 0 Å². The number of nitrogens with one attached hydrogen (secondary N) is 1. The zero-order valence-electron chi connectivity index (χ0n) is 3.26. The molecule has 1 aliphatic rings. The van der Waals surface area contributed by atoms with E-state index in [1.165, 1.54) is 0 Å². The Morgan fingerprint density at radius 1 is 1.33 bits per heavy atom. The number of hydrogen-bond donors (Lipinski definition) is 1. The largest absolute Gasteiger partial charge is 0.199 e. The molecule has 0 bridgehead atoms. The first kappa shape index (κ1) is 3.33. The van der Waals surface area contributed by atoms with Crippen LogP contribution in [0.3, 0.4) is 0 Å². The molecule has 0 aromatic heterocycles. The summed E-state index contributed by atoms with van der Waals surface area (Å²) in [5, 5.41) is 7.21. The van der Waals surface area contributed by atoms with E-state index in [1.54, 1.807) is 12.4 Å². The maximum atomic E-state index is 3.60. The van der Waals surface area contributed by atoms with Crippen LogP contribution < -0.4 is 5.53 Å². The van der Waals surface area contributed by atoms with E-state index >= 15 is 0 Å². The van der Waals surface area contributed by atoms with Crippen molar-refractivity contribution in [3.05, 3.63) is 0 Å². The summed E-state index contributed by atoms with van der Waals surface area (Å²) in [6.45, 7) is 0. The van der Waals surface area contributed by atoms with E-state index in [1.807, 2.05) is 0 Å². The maximum Gasteiger partial charge on any atom is 0.0317 e. The fourth-order valence-electron chi connectivity index (χ4n) is 0.268. The average Bonchev–Trinajstić information content (AvgIpc) is 1.72. The van der Waals surface area contributed by atoms with E-state index in [0.717, 1.165) is 6.42 Å². The van der Waals surface area contributed by atoms with Gasteiger partial charge in [0.1, 0.15) is 0 Å². The maximum absolute atomic E-state index is 3.60. The third-order valence-corrected chi connectivity index (χ3v) is 0.509. The van der Waals surface area contributed by atoms with Crippen LogP contribution in [0, 0.1) is 0 Å². The van der Waals surface area contributed by atoms with Crippen LogP contribution in [0.25, 0.3) is 0 Å². The molecular weight excluding hydrogens is 78.1 g/mol. The Morgan fingerprint density at radius 2 is 2.00 bits per heavy atom. The fourth-order valence-corrected chi connectivity index (χ4v) is 0.268. The van der Waals surface area contributed by atoms with Gasteiger partial charge < -0.3 is 0 Å². The zero-order chi connectivity index (χ0) is 4.24. The second kappa shape index (κ2) is 1.55. The quantitative estimate of drug-likeness (QED) is 0.438. The van der Waals surface area contributed by atoms with Gasteiger partial charge in [0.2, 0.25) is 0 Å². The van der Waals surface area contributed by atoms with E-state index in [4.69, 9.17) is 0 Å². The summed E-state index contributed by atoms with van der Waals surface area (Å²) in [4.78, 5) is 0. The Morgan fingerprint density at radius 3 is 2.17 bits per heavy atom. The van der Waals surface area contributed by atoms with E-state index < -0.39 is 0 Å². The number of hydrazone groups is 2. The van der Waals surface area contributed by atoms with Gasteiger partial charge in [-0.3, -0.25) is 0 Å². The molecule has 0 spiro atoms. The van der Waals surface area contributed by atoms with Gasteiger partial charge in [-0.1, -0.05) is 0 Å². The highest BCUT2D eigenvalue weighted by atomic mass is 15.5. The molecule has 0 atom stereocenters. The molecule has 0 amide bonds. The molecule has 32 valence electrons. The topological polar surface area (TPSA) is 36.8 Å². The molecular formula is C3H5N3. The summed E-state index contributed by atoms with van der Waals surface area (Å²) in [6, 6.07) is 0. The summed E-state index contributed by atoms with van der Waals surface area (Å²) in [5.74, 6) is 0. The van der Waals surface area contributed by atoms with Crippen LogP contribution in [0.2, 0.25) is 0 Å². The molecule has 0 aromatic carbocycles. The van der Waals surface area contributed by atoms with Crippen LogP contribution in [0.5, 0.6) is 0 Å². The van der Waals surface area contributed by atoms with Gasteiger partial charge >= 0.3 is 0 Å². The SMILES string of the molecule is C1=NNN=CC1. The molecule has 3 heteroatoms. The summed E-state index contributed by atoms with van der Waals surface area (Å²) in [6.07, 6.45) is 4.37. The Hall–Kier alpha value is -0.860. The minimum Gasteiger partial charge on any atom is -0.199 e. The van der Waals surface area contributed by atoms with Crippen LogP contribution in [0.15, 0.2) is 10.2 Å². The molecule has 1 N–H and O–H groups in total. The Balaban J connectivity index is 2.40.